The van der Waals surface area contributed by atoms with Crippen molar-refractivity contribution < 1.29 is 18.9 Å². The molecule has 316 valence electrons. The smallest absolute Gasteiger partial charge is 0.0918 e. The maximum absolute atomic E-state index is 5.44. The zero-order valence-electron chi connectivity index (χ0n) is 38.5. The fraction of sp³-hybridized carbons (Fsp3) is 0.959. The fourth-order valence-corrected chi connectivity index (χ4v) is 9.86. The van der Waals surface area contributed by atoms with E-state index in [1.807, 2.05) is 21.3 Å². The molecule has 0 N–H and O–H groups in total. The molecule has 14 atom stereocenters. The van der Waals surface area contributed by atoms with Crippen LogP contribution in [0.15, 0.2) is 11.8 Å². The summed E-state index contributed by atoms with van der Waals surface area (Å²) in [6.45, 7) is 25.6. The molecule has 0 bridgehead atoms. The van der Waals surface area contributed by atoms with Crippen LogP contribution >= 0.6 is 0 Å². The van der Waals surface area contributed by atoms with Gasteiger partial charge in [0.1, 0.15) is 0 Å². The molecule has 5 saturated carbocycles. The maximum Gasteiger partial charge on any atom is 0.0918 e. The SMILES string of the molecule is CC1CCC(C)C1.CC1CCCC(C)C1.COC1=CCCC(C)C1.COC1CC(C)CC(C)C1C.COC1CC(C)CCC1C.COC1CCC(C)C1. The highest BCUT2D eigenvalue weighted by atomic mass is 16.5. The average Bonchev–Trinajstić information content (AvgIpc) is 3.74. The Labute approximate surface area is 333 Å². The molecule has 14 unspecified atom stereocenters. The van der Waals surface area contributed by atoms with E-state index in [1.165, 1.54) is 115 Å². The second-order valence-corrected chi connectivity index (χ2v) is 19.8. The zero-order valence-corrected chi connectivity index (χ0v) is 38.5. The molecule has 0 spiro atoms. The average molecular weight is 749 g/mol. The van der Waals surface area contributed by atoms with Gasteiger partial charge in [0.15, 0.2) is 0 Å². The largest absolute Gasteiger partial charge is 0.501 e. The lowest BCUT2D eigenvalue weighted by atomic mass is 9.75. The predicted octanol–water partition coefficient (Wildman–Crippen LogP) is 14.6. The first-order valence-electron chi connectivity index (χ1n) is 22.9. The van der Waals surface area contributed by atoms with E-state index in [9.17, 15) is 0 Å². The molecule has 5 fully saturated rings. The monoisotopic (exact) mass is 749 g/mol. The molecule has 4 nitrogen and oxygen atoms in total. The Morgan fingerprint density at radius 2 is 0.906 bits per heavy atom. The molecule has 0 saturated heterocycles. The zero-order chi connectivity index (χ0) is 39.9. The topological polar surface area (TPSA) is 36.9 Å². The van der Waals surface area contributed by atoms with Crippen molar-refractivity contribution in [3.63, 3.8) is 0 Å². The Hall–Kier alpha value is -0.580. The molecule has 0 aliphatic heterocycles. The Kier molecular flexibility index (Phi) is 27.4. The van der Waals surface area contributed by atoms with Crippen molar-refractivity contribution in [3.8, 4) is 0 Å². The van der Waals surface area contributed by atoms with E-state index in [1.54, 1.807) is 7.11 Å². The number of allylic oxidation sites excluding steroid dienone is 2. The Morgan fingerprint density at radius 3 is 1.28 bits per heavy atom. The van der Waals surface area contributed by atoms with Crippen molar-refractivity contribution in [1.29, 1.82) is 0 Å². The normalized spacial score (nSPS) is 39.3. The van der Waals surface area contributed by atoms with Gasteiger partial charge in [-0.05, 0) is 142 Å². The van der Waals surface area contributed by atoms with Gasteiger partial charge in [-0.25, -0.2) is 0 Å². The molecule has 6 aliphatic carbocycles. The molecule has 0 aromatic heterocycles. The second-order valence-electron chi connectivity index (χ2n) is 19.8. The number of ether oxygens (including phenoxy) is 4. The molecule has 0 aromatic rings. The lowest BCUT2D eigenvalue weighted by Crippen LogP contribution is -2.33. The molecular formula is C49H96O4. The summed E-state index contributed by atoms with van der Waals surface area (Å²) in [4.78, 5) is 0. The van der Waals surface area contributed by atoms with Crippen molar-refractivity contribution in [2.75, 3.05) is 28.4 Å². The Bertz CT molecular complexity index is 887. The van der Waals surface area contributed by atoms with Crippen LogP contribution < -0.4 is 0 Å². The number of rotatable bonds is 4. The van der Waals surface area contributed by atoms with E-state index in [0.29, 0.717) is 18.3 Å². The summed E-state index contributed by atoms with van der Waals surface area (Å²) in [5.41, 5.74) is 0. The molecule has 0 amide bonds. The third kappa shape index (κ3) is 22.7. The molecule has 0 radical (unpaired) electrons. The van der Waals surface area contributed by atoms with Crippen LogP contribution in [0.1, 0.15) is 192 Å². The Morgan fingerprint density at radius 1 is 0.415 bits per heavy atom. The summed E-state index contributed by atoms with van der Waals surface area (Å²) in [7, 11) is 7.23. The van der Waals surface area contributed by atoms with Crippen LogP contribution in [0.3, 0.4) is 0 Å². The summed E-state index contributed by atoms with van der Waals surface area (Å²) in [6, 6.07) is 0. The minimum absolute atomic E-state index is 0.508. The second kappa shape index (κ2) is 28.8. The molecule has 6 rings (SSSR count). The first kappa shape index (κ1) is 50.4. The summed E-state index contributed by atoms with van der Waals surface area (Å²) >= 11 is 0. The maximum atomic E-state index is 5.44. The van der Waals surface area contributed by atoms with Gasteiger partial charge in [0.05, 0.1) is 31.2 Å². The van der Waals surface area contributed by atoms with E-state index < -0.39 is 0 Å². The third-order valence-corrected chi connectivity index (χ3v) is 13.9. The van der Waals surface area contributed by atoms with E-state index >= 15 is 0 Å². The number of hydrogen-bond acceptors (Lipinski definition) is 4. The minimum Gasteiger partial charge on any atom is -0.501 e. The first-order valence-corrected chi connectivity index (χ1v) is 22.9. The van der Waals surface area contributed by atoms with Crippen molar-refractivity contribution in [2.45, 2.75) is 210 Å². The van der Waals surface area contributed by atoms with Gasteiger partial charge in [-0.15, -0.1) is 0 Å². The van der Waals surface area contributed by atoms with Crippen molar-refractivity contribution in [2.24, 2.45) is 65.1 Å². The molecule has 53 heavy (non-hydrogen) atoms. The van der Waals surface area contributed by atoms with Gasteiger partial charge in [0, 0.05) is 27.8 Å². The first-order chi connectivity index (χ1) is 25.1. The van der Waals surface area contributed by atoms with E-state index in [0.717, 1.165) is 71.5 Å². The van der Waals surface area contributed by atoms with Gasteiger partial charge in [-0.1, -0.05) is 115 Å². The van der Waals surface area contributed by atoms with E-state index in [4.69, 9.17) is 18.9 Å². The highest BCUT2D eigenvalue weighted by Crippen LogP contribution is 2.35. The number of hydrogen-bond donors (Lipinski definition) is 0. The van der Waals surface area contributed by atoms with Crippen LogP contribution in [0, 0.1) is 65.1 Å². The summed E-state index contributed by atoms with van der Waals surface area (Å²) in [5.74, 6) is 11.1. The Balaban J connectivity index is 0.000000320. The summed E-state index contributed by atoms with van der Waals surface area (Å²) in [6.07, 6.45) is 28.3. The van der Waals surface area contributed by atoms with Crippen LogP contribution in [0.2, 0.25) is 0 Å². The molecule has 0 aromatic carbocycles. The van der Waals surface area contributed by atoms with Gasteiger partial charge >= 0.3 is 0 Å². The minimum atomic E-state index is 0.508. The lowest BCUT2D eigenvalue weighted by molar-refractivity contribution is -0.00973. The quantitative estimate of drug-likeness (QED) is 0.287. The highest BCUT2D eigenvalue weighted by molar-refractivity contribution is 4.98. The summed E-state index contributed by atoms with van der Waals surface area (Å²) in [5, 5.41) is 0. The van der Waals surface area contributed by atoms with Gasteiger partial charge in [-0.2, -0.15) is 0 Å². The van der Waals surface area contributed by atoms with Crippen molar-refractivity contribution in [3.05, 3.63) is 11.8 Å². The van der Waals surface area contributed by atoms with Crippen LogP contribution in [-0.2, 0) is 18.9 Å². The number of methoxy groups -OCH3 is 4. The lowest BCUT2D eigenvalue weighted by Gasteiger charge is -2.36. The van der Waals surface area contributed by atoms with Crippen LogP contribution in [0.5, 0.6) is 0 Å². The molecular weight excluding hydrogens is 653 g/mol. The molecule has 4 heteroatoms. The van der Waals surface area contributed by atoms with E-state index in [-0.39, 0.29) is 0 Å². The summed E-state index contributed by atoms with van der Waals surface area (Å²) < 4.78 is 21.1. The van der Waals surface area contributed by atoms with Crippen LogP contribution in [0.25, 0.3) is 0 Å². The van der Waals surface area contributed by atoms with Crippen molar-refractivity contribution in [1.82, 2.24) is 0 Å². The van der Waals surface area contributed by atoms with Crippen LogP contribution in [-0.4, -0.2) is 46.8 Å². The van der Waals surface area contributed by atoms with Crippen LogP contribution in [0.4, 0.5) is 0 Å². The predicted molar refractivity (Wildman–Crippen MR) is 231 cm³/mol. The fourth-order valence-electron chi connectivity index (χ4n) is 9.86. The highest BCUT2D eigenvalue weighted by Gasteiger charge is 2.30. The standard InChI is InChI=1S/C10H20O.C9H18O.C8H14O.C8H16.C7H14O.C7H14/c1-7-5-8(2)9(3)10(6-7)11-4;1-7-4-5-8(2)9(6-7)10-3;1-7-4-3-5-8(6-7)9-2;1-7-4-3-5-8(2)6-7;1-6-3-4-7(5-6)8-2;1-6-3-4-7(2)5-6/h7-10H,5-6H2,1-4H3;7-9H,4-6H2,1-3H3;5,7H,3-4,6H2,1-2H3;7-8H,3-6H2,1-2H3;6-7H,3-5H2,1-2H3;6-7H,3-5H2,1-2H3. The third-order valence-electron chi connectivity index (χ3n) is 13.9. The van der Waals surface area contributed by atoms with E-state index in [2.05, 4.69) is 82.2 Å². The van der Waals surface area contributed by atoms with Gasteiger partial charge in [0.2, 0.25) is 0 Å². The van der Waals surface area contributed by atoms with Gasteiger partial charge in [-0.3, -0.25) is 0 Å². The van der Waals surface area contributed by atoms with Gasteiger partial charge in [0.25, 0.3) is 0 Å². The van der Waals surface area contributed by atoms with Crippen molar-refractivity contribution >= 4 is 0 Å². The molecule has 0 heterocycles. The van der Waals surface area contributed by atoms with Gasteiger partial charge < -0.3 is 18.9 Å². The molecule has 6 aliphatic rings.